The molecule has 0 amide bonds. The van der Waals surface area contributed by atoms with Gasteiger partial charge in [0.25, 0.3) is 5.91 Å². The molecule has 2 aromatic rings. The summed E-state index contributed by atoms with van der Waals surface area (Å²) in [5.41, 5.74) is 0.523. The van der Waals surface area contributed by atoms with Crippen molar-refractivity contribution in [1.29, 1.82) is 0 Å². The van der Waals surface area contributed by atoms with Crippen LogP contribution >= 0.6 is 0 Å². The normalized spacial score (nSPS) is 10.9. The second kappa shape index (κ2) is 6.21. The molecule has 0 atom stereocenters. The number of hydrogen-bond acceptors (Lipinski definition) is 5. The lowest BCUT2D eigenvalue weighted by atomic mass is 10.2. The number of ether oxygens (including phenoxy) is 3. The molecule has 0 bridgehead atoms. The second-order valence-corrected chi connectivity index (χ2v) is 4.27. The first-order chi connectivity index (χ1) is 10.5. The molecule has 0 aliphatic rings. The predicted molar refractivity (Wildman–Crippen MR) is 79.0 cm³/mol. The van der Waals surface area contributed by atoms with Crippen LogP contribution in [0.25, 0.3) is 10.9 Å². The van der Waals surface area contributed by atoms with Gasteiger partial charge in [-0.25, -0.2) is 4.79 Å². The van der Waals surface area contributed by atoms with Crippen LogP contribution in [0, 0.1) is 0 Å². The van der Waals surface area contributed by atoms with Gasteiger partial charge in [0.1, 0.15) is 0 Å². The van der Waals surface area contributed by atoms with E-state index in [1.807, 2.05) is 0 Å². The van der Waals surface area contributed by atoms with Crippen LogP contribution in [0.4, 0.5) is 0 Å². The third-order valence-corrected chi connectivity index (χ3v) is 3.10. The number of carboxylic acid groups (broad SMARTS) is 1. The Kier molecular flexibility index (Phi) is 4.36. The largest absolute Gasteiger partial charge is 0.493 e. The van der Waals surface area contributed by atoms with E-state index in [0.29, 0.717) is 28.2 Å². The zero-order valence-corrected chi connectivity index (χ0v) is 12.3. The molecule has 1 heterocycles. The highest BCUT2D eigenvalue weighted by molar-refractivity contribution is 6.03. The Morgan fingerprint density at radius 2 is 1.77 bits per heavy atom. The molecule has 7 nitrogen and oxygen atoms in total. The molecule has 0 saturated carbocycles. The quantitative estimate of drug-likeness (QED) is 0.850. The third kappa shape index (κ3) is 2.60. The van der Waals surface area contributed by atoms with E-state index in [4.69, 9.17) is 19.3 Å². The first-order valence-electron chi connectivity index (χ1n) is 6.28. The van der Waals surface area contributed by atoms with E-state index in [-0.39, 0.29) is 0 Å². The lowest BCUT2D eigenvalue weighted by Crippen LogP contribution is -2.06. The number of methoxy groups -OCH3 is 3. The van der Waals surface area contributed by atoms with Crippen molar-refractivity contribution >= 4 is 22.8 Å². The third-order valence-electron chi connectivity index (χ3n) is 3.10. The van der Waals surface area contributed by atoms with Crippen molar-refractivity contribution in [3.63, 3.8) is 0 Å². The highest BCUT2D eigenvalue weighted by atomic mass is 16.5. The number of rotatable bonds is 5. The molecule has 0 unspecified atom stereocenters. The highest BCUT2D eigenvalue weighted by Crippen LogP contribution is 2.43. The molecule has 0 aliphatic carbocycles. The Labute approximate surface area is 126 Å². The fourth-order valence-corrected chi connectivity index (χ4v) is 2.17. The van der Waals surface area contributed by atoms with Gasteiger partial charge in [0, 0.05) is 29.8 Å². The van der Waals surface area contributed by atoms with Crippen LogP contribution in [0.5, 0.6) is 17.2 Å². The number of nitrogens with zero attached hydrogens (tertiary/aromatic N) is 1. The minimum atomic E-state index is -1.19. The fourth-order valence-electron chi connectivity index (χ4n) is 2.17. The highest BCUT2D eigenvalue weighted by Gasteiger charge is 2.19. The number of hydrogen-bond donors (Lipinski definition) is 1. The van der Waals surface area contributed by atoms with Crippen molar-refractivity contribution in [2.75, 3.05) is 21.3 Å². The topological polar surface area (TPSA) is 87.0 Å². The minimum Gasteiger partial charge on any atom is -0.493 e. The van der Waals surface area contributed by atoms with Gasteiger partial charge in [0.05, 0.1) is 26.8 Å². The second-order valence-electron chi connectivity index (χ2n) is 4.27. The SMILES string of the molecule is COc1cc2c(ccn2C(=O)/C=C/C(=O)O)c(OC)c1OC. The first kappa shape index (κ1) is 15.4. The van der Waals surface area contributed by atoms with Crippen molar-refractivity contribution in [3.05, 3.63) is 30.5 Å². The molecule has 1 N–H and O–H groups in total. The maximum Gasteiger partial charge on any atom is 0.328 e. The van der Waals surface area contributed by atoms with E-state index in [2.05, 4.69) is 0 Å². The van der Waals surface area contributed by atoms with Crippen LogP contribution in [0.15, 0.2) is 30.5 Å². The summed E-state index contributed by atoms with van der Waals surface area (Å²) in [7, 11) is 4.45. The Hall–Kier alpha value is -2.96. The predicted octanol–water partition coefficient (Wildman–Crippen LogP) is 1.95. The van der Waals surface area contributed by atoms with Crippen LogP contribution in [0.2, 0.25) is 0 Å². The van der Waals surface area contributed by atoms with Crippen LogP contribution in [-0.4, -0.2) is 42.9 Å². The molecule has 7 heteroatoms. The van der Waals surface area contributed by atoms with Crippen LogP contribution in [-0.2, 0) is 4.79 Å². The molecule has 1 aromatic heterocycles. The minimum absolute atomic E-state index is 0.404. The Morgan fingerprint density at radius 3 is 2.32 bits per heavy atom. The average molecular weight is 305 g/mol. The summed E-state index contributed by atoms with van der Waals surface area (Å²) < 4.78 is 17.2. The van der Waals surface area contributed by atoms with Crippen molar-refractivity contribution < 1.29 is 28.9 Å². The van der Waals surface area contributed by atoms with E-state index >= 15 is 0 Å². The summed E-state index contributed by atoms with van der Waals surface area (Å²) in [6.07, 6.45) is 3.29. The number of carbonyl (C=O) groups excluding carboxylic acids is 1. The van der Waals surface area contributed by atoms with Crippen molar-refractivity contribution in [3.8, 4) is 17.2 Å². The number of benzene rings is 1. The average Bonchev–Trinajstić information content (AvgIpc) is 2.93. The van der Waals surface area contributed by atoms with E-state index < -0.39 is 11.9 Å². The van der Waals surface area contributed by atoms with Gasteiger partial charge < -0.3 is 19.3 Å². The van der Waals surface area contributed by atoms with Crippen molar-refractivity contribution in [1.82, 2.24) is 4.57 Å². The van der Waals surface area contributed by atoms with Crippen molar-refractivity contribution in [2.45, 2.75) is 0 Å². The van der Waals surface area contributed by atoms with Gasteiger partial charge in [0.2, 0.25) is 5.75 Å². The van der Waals surface area contributed by atoms with Gasteiger partial charge >= 0.3 is 5.97 Å². The van der Waals surface area contributed by atoms with E-state index in [9.17, 15) is 9.59 Å². The summed E-state index contributed by atoms with van der Waals surface area (Å²) >= 11 is 0. The Bertz CT molecular complexity index is 759. The number of aromatic nitrogens is 1. The molecule has 0 spiro atoms. The Morgan fingerprint density at radius 1 is 1.09 bits per heavy atom. The molecule has 2 rings (SSSR count). The van der Waals surface area contributed by atoms with Crippen LogP contribution in [0.1, 0.15) is 4.79 Å². The maximum absolute atomic E-state index is 12.1. The lowest BCUT2D eigenvalue weighted by molar-refractivity contribution is -0.131. The number of carboxylic acids is 1. The number of carbonyl (C=O) groups is 2. The lowest BCUT2D eigenvalue weighted by Gasteiger charge is -2.13. The molecular formula is C15H15NO6. The zero-order valence-electron chi connectivity index (χ0n) is 12.3. The fraction of sp³-hybridized carbons (Fsp3) is 0.200. The zero-order chi connectivity index (χ0) is 16.3. The van der Waals surface area contributed by atoms with Gasteiger partial charge in [-0.05, 0) is 6.07 Å². The van der Waals surface area contributed by atoms with Gasteiger partial charge in [-0.2, -0.15) is 0 Å². The number of allylic oxidation sites excluding steroid dienone is 1. The van der Waals surface area contributed by atoms with Crippen LogP contribution < -0.4 is 14.2 Å². The summed E-state index contributed by atoms with van der Waals surface area (Å²) in [5, 5.41) is 9.25. The van der Waals surface area contributed by atoms with Gasteiger partial charge in [-0.1, -0.05) is 0 Å². The monoisotopic (exact) mass is 305 g/mol. The summed E-state index contributed by atoms with van der Waals surface area (Å²) in [6.45, 7) is 0. The molecule has 1 aromatic carbocycles. The standard InChI is InChI=1S/C15H15NO6/c1-20-11-8-10-9(14(21-2)15(11)22-3)6-7-16(10)12(17)4-5-13(18)19/h4-8H,1-3H3,(H,18,19)/b5-4+. The summed E-state index contributed by atoms with van der Waals surface area (Å²) in [6, 6.07) is 3.31. The van der Waals surface area contributed by atoms with E-state index in [1.54, 1.807) is 12.1 Å². The molecule has 0 fully saturated rings. The van der Waals surface area contributed by atoms with E-state index in [0.717, 1.165) is 12.2 Å². The molecule has 0 aliphatic heterocycles. The summed E-state index contributed by atoms with van der Waals surface area (Å²) in [4.78, 5) is 22.6. The number of aliphatic carboxylic acids is 1. The smallest absolute Gasteiger partial charge is 0.328 e. The molecule has 0 radical (unpaired) electrons. The first-order valence-corrected chi connectivity index (χ1v) is 6.28. The van der Waals surface area contributed by atoms with Crippen molar-refractivity contribution in [2.24, 2.45) is 0 Å². The van der Waals surface area contributed by atoms with E-state index in [1.165, 1.54) is 32.1 Å². The van der Waals surface area contributed by atoms with Crippen LogP contribution in [0.3, 0.4) is 0 Å². The van der Waals surface area contributed by atoms with Gasteiger partial charge in [0.15, 0.2) is 11.5 Å². The summed E-state index contributed by atoms with van der Waals surface area (Å²) in [5.74, 6) is -0.426. The molecule has 116 valence electrons. The maximum atomic E-state index is 12.1. The van der Waals surface area contributed by atoms with Gasteiger partial charge in [-0.15, -0.1) is 0 Å². The molecular weight excluding hydrogens is 290 g/mol. The Balaban J connectivity index is 2.65. The molecule has 22 heavy (non-hydrogen) atoms. The number of fused-ring (bicyclic) bond motifs is 1. The molecule has 0 saturated heterocycles. The van der Waals surface area contributed by atoms with Gasteiger partial charge in [-0.3, -0.25) is 9.36 Å².